The van der Waals surface area contributed by atoms with Gasteiger partial charge in [0, 0.05) is 63.0 Å². The fraction of sp³-hybridized carbons (Fsp3) is 0.429. The molecule has 1 amide bonds. The monoisotopic (exact) mass is 787 g/mol. The van der Waals surface area contributed by atoms with E-state index in [0.29, 0.717) is 23.7 Å². The molecule has 3 aromatic rings. The number of carbonyl (C=O) groups excluding carboxylic acids is 1. The second-order valence-corrected chi connectivity index (χ2v) is 13.0. The molecule has 0 unspecified atom stereocenters. The van der Waals surface area contributed by atoms with Gasteiger partial charge in [0.25, 0.3) is 5.91 Å². The maximum absolute atomic E-state index is 14.9. The van der Waals surface area contributed by atoms with E-state index in [9.17, 15) is 22.4 Å². The number of aliphatic carboxylic acids is 1. The fourth-order valence-electron chi connectivity index (χ4n) is 5.11. The zero-order valence-electron chi connectivity index (χ0n) is 28.1. The van der Waals surface area contributed by atoms with Crippen LogP contribution in [0.15, 0.2) is 66.7 Å². The van der Waals surface area contributed by atoms with Gasteiger partial charge in [-0.05, 0) is 66.6 Å². The number of amides is 1. The summed E-state index contributed by atoms with van der Waals surface area (Å²) in [5.74, 6) is -3.15. The van der Waals surface area contributed by atoms with Crippen LogP contribution >= 0.6 is 0 Å². The van der Waals surface area contributed by atoms with Gasteiger partial charge < -0.3 is 44.2 Å². The molecule has 0 aromatic heterocycles. The third kappa shape index (κ3) is 14.2. The number of hydrogen-bond donors (Lipinski definition) is 3. The van der Waals surface area contributed by atoms with E-state index in [-0.39, 0.29) is 35.7 Å². The minimum atomic E-state index is -5.08. The minimum absolute atomic E-state index is 0. The quantitative estimate of drug-likeness (QED) is 0.157. The summed E-state index contributed by atoms with van der Waals surface area (Å²) < 4.78 is 47.6. The molecule has 48 heavy (non-hydrogen) atoms. The van der Waals surface area contributed by atoms with Crippen molar-refractivity contribution >= 4 is 11.9 Å². The molecule has 13 heteroatoms. The molecule has 3 N–H and O–H groups in total. The van der Waals surface area contributed by atoms with Crippen LogP contribution in [0.25, 0.3) is 11.1 Å². The SMILES string of the molecule is C[C@H]1CN(Cc2cccc(-c3cc(CNC(=O)c4cccc(CN(C)CC[N+](C)(C)C)c4)ccc3F)c2)CCN1.O=C(O)C(F)(F)F.[I-]. The number of quaternary nitrogens is 1. The van der Waals surface area contributed by atoms with Crippen molar-refractivity contribution in [3.63, 3.8) is 0 Å². The number of halogens is 5. The molecule has 0 spiro atoms. The van der Waals surface area contributed by atoms with Gasteiger partial charge in [0.05, 0.1) is 27.7 Å². The number of carboxylic acids is 1. The van der Waals surface area contributed by atoms with Crippen LogP contribution in [0, 0.1) is 5.82 Å². The Kier molecular flexibility index (Phi) is 15.9. The summed E-state index contributed by atoms with van der Waals surface area (Å²) in [5.41, 5.74) is 5.19. The smallest absolute Gasteiger partial charge is 0.490 e. The highest BCUT2D eigenvalue weighted by atomic mass is 127. The Hall–Kier alpha value is -3.11. The molecule has 0 bridgehead atoms. The van der Waals surface area contributed by atoms with Gasteiger partial charge in [0.15, 0.2) is 0 Å². The van der Waals surface area contributed by atoms with Gasteiger partial charge in [0.2, 0.25) is 0 Å². The first-order chi connectivity index (χ1) is 22.0. The highest BCUT2D eigenvalue weighted by Gasteiger charge is 2.38. The first kappa shape index (κ1) is 41.1. The average molecular weight is 788 g/mol. The number of nitrogens with one attached hydrogen (secondary N) is 2. The van der Waals surface area contributed by atoms with Crippen molar-refractivity contribution in [1.82, 2.24) is 20.4 Å². The summed E-state index contributed by atoms with van der Waals surface area (Å²) >= 11 is 0. The lowest BCUT2D eigenvalue weighted by molar-refractivity contribution is -0.869. The van der Waals surface area contributed by atoms with Crippen molar-refractivity contribution in [1.29, 1.82) is 0 Å². The Balaban J connectivity index is 0.000000902. The Morgan fingerprint density at radius 3 is 2.33 bits per heavy atom. The molecule has 0 aliphatic carbocycles. The summed E-state index contributed by atoms with van der Waals surface area (Å²) in [6, 6.07) is 21.5. The zero-order chi connectivity index (χ0) is 34.8. The largest absolute Gasteiger partial charge is 1.00 e. The number of nitrogens with zero attached hydrogens (tertiary/aromatic N) is 3. The van der Waals surface area contributed by atoms with E-state index < -0.39 is 12.1 Å². The van der Waals surface area contributed by atoms with Gasteiger partial charge in [0.1, 0.15) is 5.82 Å². The van der Waals surface area contributed by atoms with Crippen LogP contribution in [0.1, 0.15) is 34.0 Å². The third-order valence-electron chi connectivity index (χ3n) is 7.62. The van der Waals surface area contributed by atoms with Crippen LogP contribution < -0.4 is 34.6 Å². The Morgan fingerprint density at radius 1 is 1.02 bits per heavy atom. The molecule has 1 saturated heterocycles. The number of alkyl halides is 3. The van der Waals surface area contributed by atoms with Crippen LogP contribution in [-0.2, 0) is 24.4 Å². The molecule has 1 atom stereocenters. The van der Waals surface area contributed by atoms with Gasteiger partial charge in [-0.25, -0.2) is 9.18 Å². The number of likely N-dealkylation sites (N-methyl/N-ethyl adjacent to an activating group) is 2. The highest BCUT2D eigenvalue weighted by molar-refractivity contribution is 5.94. The fourth-order valence-corrected chi connectivity index (χ4v) is 5.11. The van der Waals surface area contributed by atoms with E-state index in [0.717, 1.165) is 67.0 Å². The van der Waals surface area contributed by atoms with Crippen molar-refractivity contribution < 1.29 is 60.7 Å². The minimum Gasteiger partial charge on any atom is -1.00 e. The predicted octanol–water partition coefficient (Wildman–Crippen LogP) is 1.99. The molecule has 3 aromatic carbocycles. The van der Waals surface area contributed by atoms with Crippen LogP contribution in [0.2, 0.25) is 0 Å². The van der Waals surface area contributed by atoms with Gasteiger partial charge >= 0.3 is 12.1 Å². The number of piperazine rings is 1. The second-order valence-electron chi connectivity index (χ2n) is 13.0. The van der Waals surface area contributed by atoms with E-state index in [1.165, 1.54) is 11.6 Å². The van der Waals surface area contributed by atoms with Crippen molar-refractivity contribution in [3.8, 4) is 11.1 Å². The molecule has 0 radical (unpaired) electrons. The number of hydrogen-bond acceptors (Lipinski definition) is 5. The molecule has 4 rings (SSSR count). The topological polar surface area (TPSA) is 84.9 Å². The third-order valence-corrected chi connectivity index (χ3v) is 7.62. The van der Waals surface area contributed by atoms with Crippen molar-refractivity contribution in [2.45, 2.75) is 38.8 Å². The number of carbonyl (C=O) groups is 2. The molecule has 1 fully saturated rings. The van der Waals surface area contributed by atoms with Gasteiger partial charge in [-0.1, -0.05) is 36.4 Å². The Bertz CT molecular complexity index is 1500. The van der Waals surface area contributed by atoms with Crippen LogP contribution in [0.4, 0.5) is 17.6 Å². The normalized spacial score (nSPS) is 15.2. The Morgan fingerprint density at radius 2 is 1.69 bits per heavy atom. The van der Waals surface area contributed by atoms with E-state index in [1.54, 1.807) is 6.07 Å². The van der Waals surface area contributed by atoms with Crippen molar-refractivity contribution in [3.05, 3.63) is 94.8 Å². The molecular weight excluding hydrogens is 741 g/mol. The summed E-state index contributed by atoms with van der Waals surface area (Å²) in [5, 5.41) is 13.6. The Labute approximate surface area is 297 Å². The lowest BCUT2D eigenvalue weighted by Crippen LogP contribution is -3.00. The molecular formula is C35H46F4IN5O3. The number of carboxylic acid groups (broad SMARTS) is 1. The molecule has 264 valence electrons. The first-order valence-electron chi connectivity index (χ1n) is 15.5. The first-order valence-corrected chi connectivity index (χ1v) is 15.5. The molecule has 1 aliphatic heterocycles. The highest BCUT2D eigenvalue weighted by Crippen LogP contribution is 2.26. The summed E-state index contributed by atoms with van der Waals surface area (Å²) in [7, 11) is 8.68. The molecule has 0 saturated carbocycles. The van der Waals surface area contributed by atoms with Crippen LogP contribution in [0.5, 0.6) is 0 Å². The molecule has 1 aliphatic rings. The van der Waals surface area contributed by atoms with E-state index >= 15 is 0 Å². The maximum atomic E-state index is 14.9. The second kappa shape index (κ2) is 18.6. The lowest BCUT2D eigenvalue weighted by Gasteiger charge is -2.31. The summed E-state index contributed by atoms with van der Waals surface area (Å²) in [4.78, 5) is 26.6. The molecule has 8 nitrogen and oxygen atoms in total. The van der Waals surface area contributed by atoms with E-state index in [2.05, 4.69) is 73.7 Å². The van der Waals surface area contributed by atoms with E-state index in [4.69, 9.17) is 9.90 Å². The predicted molar refractivity (Wildman–Crippen MR) is 175 cm³/mol. The summed E-state index contributed by atoms with van der Waals surface area (Å²) in [6.07, 6.45) is -5.08. The van der Waals surface area contributed by atoms with Gasteiger partial charge in [-0.2, -0.15) is 13.2 Å². The van der Waals surface area contributed by atoms with Crippen LogP contribution in [0.3, 0.4) is 0 Å². The van der Waals surface area contributed by atoms with Gasteiger partial charge in [-0.3, -0.25) is 14.6 Å². The number of rotatable bonds is 11. The average Bonchev–Trinajstić information content (AvgIpc) is 2.99. The van der Waals surface area contributed by atoms with E-state index in [1.807, 2.05) is 36.4 Å². The lowest BCUT2D eigenvalue weighted by atomic mass is 10.00. The van der Waals surface area contributed by atoms with Crippen molar-refractivity contribution in [2.75, 3.05) is 60.9 Å². The zero-order valence-corrected chi connectivity index (χ0v) is 30.2. The van der Waals surface area contributed by atoms with Crippen molar-refractivity contribution in [2.24, 2.45) is 0 Å². The number of benzene rings is 3. The maximum Gasteiger partial charge on any atom is 0.490 e. The molecule has 1 heterocycles. The van der Waals surface area contributed by atoms with Gasteiger partial charge in [-0.15, -0.1) is 0 Å². The van der Waals surface area contributed by atoms with Crippen LogP contribution in [-0.4, -0.2) is 104 Å². The standard InChI is InChI=1S/C33H44FN5O.C2HF3O2.HI/c1-25-22-38(15-14-35-25)24-28-9-6-10-29(18-28)31-20-26(12-13-32(31)34)21-36-33(40)30-11-7-8-27(19-30)23-37(2)16-17-39(3,4)5;3-2(4,5)1(6)7;/h6-13,18-20,25,35H,14-17,21-24H2,1-5H3;(H,6,7);1H/t25-;;/m0../s1. The summed E-state index contributed by atoms with van der Waals surface area (Å²) in [6.45, 7) is 9.20.